The Balaban J connectivity index is 2.22. The Morgan fingerprint density at radius 1 is 1.00 bits per heavy atom. The summed E-state index contributed by atoms with van der Waals surface area (Å²) < 4.78 is 5.59. The van der Waals surface area contributed by atoms with Crippen molar-refractivity contribution in [3.8, 4) is 5.75 Å². The maximum Gasteiger partial charge on any atom is 0.261 e. The minimum Gasteiger partial charge on any atom is -0.482 e. The van der Waals surface area contributed by atoms with E-state index in [0.29, 0.717) is 26.4 Å². The minimum atomic E-state index is -0.752. The van der Waals surface area contributed by atoms with Crippen molar-refractivity contribution in [3.05, 3.63) is 62.1 Å². The summed E-state index contributed by atoms with van der Waals surface area (Å²) in [6.45, 7) is 5.33. The van der Waals surface area contributed by atoms with Crippen molar-refractivity contribution in [3.63, 3.8) is 0 Å². The molecule has 0 aliphatic rings. The minimum absolute atomic E-state index is 0.0184. The van der Waals surface area contributed by atoms with Gasteiger partial charge in [0.05, 0.1) is 5.02 Å². The lowest BCUT2D eigenvalue weighted by Gasteiger charge is -2.30. The number of benzene rings is 2. The summed E-state index contributed by atoms with van der Waals surface area (Å²) in [5.41, 5.74) is 0.659. The molecular weight excluding hydrogens is 482 g/mol. The van der Waals surface area contributed by atoms with Gasteiger partial charge in [-0.1, -0.05) is 59.4 Å². The summed E-state index contributed by atoms with van der Waals surface area (Å²) in [6, 6.07) is 8.94. The molecule has 5 nitrogen and oxygen atoms in total. The van der Waals surface area contributed by atoms with E-state index in [2.05, 4.69) is 5.32 Å². The van der Waals surface area contributed by atoms with E-state index < -0.39 is 11.9 Å². The van der Waals surface area contributed by atoms with E-state index in [4.69, 9.17) is 51.1 Å². The van der Waals surface area contributed by atoms with Crippen molar-refractivity contribution < 1.29 is 14.3 Å². The van der Waals surface area contributed by atoms with E-state index in [1.165, 1.54) is 11.0 Å². The second kappa shape index (κ2) is 11.8. The van der Waals surface area contributed by atoms with Gasteiger partial charge >= 0.3 is 0 Å². The number of hydrogen-bond donors (Lipinski definition) is 1. The molecule has 0 aromatic heterocycles. The zero-order chi connectivity index (χ0) is 23.1. The number of carbonyl (C=O) groups is 2. The van der Waals surface area contributed by atoms with Gasteiger partial charge in [0.15, 0.2) is 6.61 Å². The monoisotopic (exact) mass is 504 g/mol. The molecule has 0 aliphatic heterocycles. The Bertz CT molecular complexity index is 939. The SMILES string of the molecule is CC[C@@H](C)NC(=O)[C@@H](C)N(Cc1ccc(Cl)cc1Cl)C(=O)COc1ccc(Cl)cc1Cl. The lowest BCUT2D eigenvalue weighted by molar-refractivity contribution is -0.142. The first-order valence-electron chi connectivity index (χ1n) is 9.74. The second-order valence-electron chi connectivity index (χ2n) is 7.11. The third kappa shape index (κ3) is 7.46. The van der Waals surface area contributed by atoms with Gasteiger partial charge in [-0.3, -0.25) is 9.59 Å². The third-order valence-corrected chi connectivity index (χ3v) is 5.89. The fourth-order valence-corrected chi connectivity index (χ4v) is 3.63. The highest BCUT2D eigenvalue weighted by Gasteiger charge is 2.28. The average molecular weight is 506 g/mol. The number of nitrogens with one attached hydrogen (secondary N) is 1. The van der Waals surface area contributed by atoms with Crippen molar-refractivity contribution in [1.29, 1.82) is 0 Å². The molecule has 2 aromatic rings. The molecule has 0 spiro atoms. The van der Waals surface area contributed by atoms with Crippen molar-refractivity contribution in [1.82, 2.24) is 10.2 Å². The smallest absolute Gasteiger partial charge is 0.261 e. The van der Waals surface area contributed by atoms with Crippen molar-refractivity contribution in [2.75, 3.05) is 6.61 Å². The molecular formula is C22H24Cl4N2O3. The van der Waals surface area contributed by atoms with Crippen LogP contribution < -0.4 is 10.1 Å². The molecule has 0 heterocycles. The van der Waals surface area contributed by atoms with Crippen LogP contribution in [-0.4, -0.2) is 35.4 Å². The molecule has 1 N–H and O–H groups in total. The van der Waals surface area contributed by atoms with E-state index in [0.717, 1.165) is 6.42 Å². The summed E-state index contributed by atoms with van der Waals surface area (Å²) >= 11 is 24.3. The van der Waals surface area contributed by atoms with E-state index in [1.807, 2.05) is 13.8 Å². The summed E-state index contributed by atoms with van der Waals surface area (Å²) in [4.78, 5) is 27.2. The lowest BCUT2D eigenvalue weighted by atomic mass is 10.1. The topological polar surface area (TPSA) is 58.6 Å². The number of halogens is 4. The predicted molar refractivity (Wildman–Crippen MR) is 126 cm³/mol. The molecule has 0 saturated carbocycles. The van der Waals surface area contributed by atoms with Crippen LogP contribution in [0.25, 0.3) is 0 Å². The highest BCUT2D eigenvalue weighted by Crippen LogP contribution is 2.28. The molecule has 0 saturated heterocycles. The van der Waals surface area contributed by atoms with Gasteiger partial charge in [0, 0.05) is 27.7 Å². The number of amides is 2. The van der Waals surface area contributed by atoms with Crippen LogP contribution in [0.4, 0.5) is 0 Å². The molecule has 2 atom stereocenters. The molecule has 0 unspecified atom stereocenters. The fraction of sp³-hybridized carbons (Fsp3) is 0.364. The zero-order valence-corrected chi connectivity index (χ0v) is 20.4. The van der Waals surface area contributed by atoms with Crippen LogP contribution in [0.5, 0.6) is 5.75 Å². The maximum atomic E-state index is 13.1. The first-order valence-corrected chi connectivity index (χ1v) is 11.2. The molecule has 2 aromatic carbocycles. The lowest BCUT2D eigenvalue weighted by Crippen LogP contribution is -2.50. The van der Waals surface area contributed by atoms with Crippen LogP contribution in [0.3, 0.4) is 0 Å². The van der Waals surface area contributed by atoms with Crippen molar-refractivity contribution in [2.24, 2.45) is 0 Å². The summed E-state index contributed by atoms with van der Waals surface area (Å²) in [7, 11) is 0. The zero-order valence-electron chi connectivity index (χ0n) is 17.4. The molecule has 168 valence electrons. The van der Waals surface area contributed by atoms with Gasteiger partial charge in [-0.05, 0) is 56.2 Å². The van der Waals surface area contributed by atoms with E-state index >= 15 is 0 Å². The van der Waals surface area contributed by atoms with Crippen LogP contribution in [0.1, 0.15) is 32.8 Å². The third-order valence-electron chi connectivity index (χ3n) is 4.77. The van der Waals surface area contributed by atoms with Gasteiger partial charge < -0.3 is 15.0 Å². The van der Waals surface area contributed by atoms with Crippen LogP contribution in [-0.2, 0) is 16.1 Å². The van der Waals surface area contributed by atoms with Crippen molar-refractivity contribution >= 4 is 58.2 Å². The highest BCUT2D eigenvalue weighted by atomic mass is 35.5. The quantitative estimate of drug-likeness (QED) is 0.453. The van der Waals surface area contributed by atoms with Gasteiger partial charge in [0.2, 0.25) is 5.91 Å². The number of nitrogens with zero attached hydrogens (tertiary/aromatic N) is 1. The van der Waals surface area contributed by atoms with Crippen LogP contribution >= 0.6 is 46.4 Å². The van der Waals surface area contributed by atoms with E-state index in [1.54, 1.807) is 37.3 Å². The predicted octanol–water partition coefficient (Wildman–Crippen LogP) is 6.01. The molecule has 2 amide bonds. The Hall–Kier alpha value is -1.66. The molecule has 0 aliphatic carbocycles. The van der Waals surface area contributed by atoms with Crippen molar-refractivity contribution in [2.45, 2.75) is 45.8 Å². The second-order valence-corrected chi connectivity index (χ2v) is 8.80. The molecule has 0 fully saturated rings. The van der Waals surface area contributed by atoms with Crippen LogP contribution in [0.15, 0.2) is 36.4 Å². The van der Waals surface area contributed by atoms with Gasteiger partial charge in [-0.15, -0.1) is 0 Å². The Morgan fingerprint density at radius 3 is 2.19 bits per heavy atom. The fourth-order valence-electron chi connectivity index (χ4n) is 2.70. The van der Waals surface area contributed by atoms with Gasteiger partial charge in [0.25, 0.3) is 5.91 Å². The van der Waals surface area contributed by atoms with Crippen LogP contribution in [0.2, 0.25) is 20.1 Å². The Morgan fingerprint density at radius 2 is 1.61 bits per heavy atom. The molecule has 31 heavy (non-hydrogen) atoms. The van der Waals surface area contributed by atoms with E-state index in [9.17, 15) is 9.59 Å². The highest BCUT2D eigenvalue weighted by molar-refractivity contribution is 6.35. The first-order chi connectivity index (χ1) is 14.6. The molecule has 0 radical (unpaired) electrons. The Labute approximate surface area is 202 Å². The maximum absolute atomic E-state index is 13.1. The number of rotatable bonds is 9. The molecule has 0 bridgehead atoms. The first kappa shape index (κ1) is 25.6. The van der Waals surface area contributed by atoms with Crippen LogP contribution in [0, 0.1) is 0 Å². The largest absolute Gasteiger partial charge is 0.482 e. The standard InChI is InChI=1S/C22H24Cl4N2O3/c1-4-13(2)27-22(30)14(3)28(11-15-5-6-16(23)9-18(15)25)21(29)12-31-20-8-7-17(24)10-19(20)26/h5-10,13-14H,4,11-12H2,1-3H3,(H,27,30)/t13-,14-/m1/s1. The number of hydrogen-bond acceptors (Lipinski definition) is 3. The summed E-state index contributed by atoms with van der Waals surface area (Å²) in [6.07, 6.45) is 0.771. The molecule has 2 rings (SSSR count). The normalized spacial score (nSPS) is 12.7. The summed E-state index contributed by atoms with van der Waals surface area (Å²) in [5, 5.41) is 4.53. The number of carbonyl (C=O) groups excluding carboxylic acids is 2. The van der Waals surface area contributed by atoms with Gasteiger partial charge in [-0.2, -0.15) is 0 Å². The molecule has 9 heteroatoms. The van der Waals surface area contributed by atoms with Gasteiger partial charge in [-0.25, -0.2) is 0 Å². The number of ether oxygens (including phenoxy) is 1. The summed E-state index contributed by atoms with van der Waals surface area (Å²) in [5.74, 6) is -0.346. The van der Waals surface area contributed by atoms with E-state index in [-0.39, 0.29) is 30.1 Å². The van der Waals surface area contributed by atoms with Gasteiger partial charge in [0.1, 0.15) is 11.8 Å². The average Bonchev–Trinajstić information content (AvgIpc) is 2.71. The Kier molecular flexibility index (Phi) is 9.76.